The Hall–Kier alpha value is -3.90. The lowest BCUT2D eigenvalue weighted by atomic mass is 10.2. The van der Waals surface area contributed by atoms with Gasteiger partial charge in [0.05, 0.1) is 22.7 Å². The summed E-state index contributed by atoms with van der Waals surface area (Å²) in [5, 5.41) is 14.6. The first-order valence-electron chi connectivity index (χ1n) is 10.9. The van der Waals surface area contributed by atoms with Gasteiger partial charge in [-0.05, 0) is 49.7 Å². The fourth-order valence-corrected chi connectivity index (χ4v) is 3.43. The minimum Gasteiger partial charge on any atom is -0.382 e. The number of amides is 3. The highest BCUT2D eigenvalue weighted by Gasteiger charge is 2.16. The van der Waals surface area contributed by atoms with Crippen molar-refractivity contribution < 1.29 is 14.3 Å². The molecule has 0 unspecified atom stereocenters. The summed E-state index contributed by atoms with van der Waals surface area (Å²) in [7, 11) is 1.73. The van der Waals surface area contributed by atoms with Crippen LogP contribution in [0.3, 0.4) is 0 Å². The number of aromatic nitrogens is 2. The molecule has 3 rings (SSSR count). The van der Waals surface area contributed by atoms with Crippen molar-refractivity contribution in [2.24, 2.45) is 0 Å². The highest BCUT2D eigenvalue weighted by Crippen LogP contribution is 2.26. The molecule has 0 bridgehead atoms. The van der Waals surface area contributed by atoms with E-state index in [1.54, 1.807) is 36.2 Å². The zero-order valence-corrected chi connectivity index (χ0v) is 19.1. The summed E-state index contributed by atoms with van der Waals surface area (Å²) in [5.41, 5.74) is 3.20. The predicted octanol–water partition coefficient (Wildman–Crippen LogP) is 4.35. The van der Waals surface area contributed by atoms with Crippen LogP contribution >= 0.6 is 0 Å². The van der Waals surface area contributed by atoms with Gasteiger partial charge in [0, 0.05) is 44.6 Å². The molecule has 0 aliphatic carbocycles. The Morgan fingerprint density at radius 1 is 1.18 bits per heavy atom. The first kappa shape index (κ1) is 23.8. The highest BCUT2D eigenvalue weighted by molar-refractivity contribution is 6.00. The molecule has 9 nitrogen and oxygen atoms in total. The summed E-state index contributed by atoms with van der Waals surface area (Å²) in [5.74, 6) is 0.389. The molecule has 0 aliphatic rings. The standard InChI is InChI=1S/C24H28N6O3/c1-4-22(31)29(3)19-10-11-21-20(15-19)27-23(30(21)12-7-13-33-5-2)28-24(32)26-18-9-6-8-17(14-18)16-25/h6,8-11,14-15H,4-5,7,12-13H2,1-3H3,(H2,26,27,28,32). The highest BCUT2D eigenvalue weighted by atomic mass is 16.5. The number of nitriles is 1. The van der Waals surface area contributed by atoms with Crippen molar-refractivity contribution >= 4 is 40.3 Å². The van der Waals surface area contributed by atoms with Gasteiger partial charge in [0.2, 0.25) is 11.9 Å². The number of hydrogen-bond donors (Lipinski definition) is 2. The second-order valence-electron chi connectivity index (χ2n) is 7.39. The Morgan fingerprint density at radius 2 is 2.00 bits per heavy atom. The molecule has 172 valence electrons. The number of urea groups is 1. The van der Waals surface area contributed by atoms with Crippen LogP contribution in [0.1, 0.15) is 32.3 Å². The number of nitrogens with zero attached hydrogens (tertiary/aromatic N) is 4. The molecule has 0 saturated heterocycles. The summed E-state index contributed by atoms with van der Waals surface area (Å²) < 4.78 is 7.37. The number of carbonyl (C=O) groups excluding carboxylic acids is 2. The maximum absolute atomic E-state index is 12.7. The van der Waals surface area contributed by atoms with Gasteiger partial charge >= 0.3 is 6.03 Å². The number of hydrogen-bond acceptors (Lipinski definition) is 5. The van der Waals surface area contributed by atoms with Gasteiger partial charge in [-0.25, -0.2) is 9.78 Å². The van der Waals surface area contributed by atoms with E-state index in [9.17, 15) is 9.59 Å². The van der Waals surface area contributed by atoms with Gasteiger partial charge in [0.1, 0.15) is 0 Å². The van der Waals surface area contributed by atoms with Crippen LogP contribution in [0.4, 0.5) is 22.1 Å². The minimum absolute atomic E-state index is 0.00261. The number of nitrogens with one attached hydrogen (secondary N) is 2. The summed E-state index contributed by atoms with van der Waals surface area (Å²) in [4.78, 5) is 31.0. The second kappa shape index (κ2) is 11.1. The van der Waals surface area contributed by atoms with Crippen molar-refractivity contribution in [1.29, 1.82) is 5.26 Å². The van der Waals surface area contributed by atoms with E-state index < -0.39 is 6.03 Å². The molecule has 3 amide bonds. The Balaban J connectivity index is 1.87. The molecule has 0 spiro atoms. The van der Waals surface area contributed by atoms with E-state index in [1.165, 1.54) is 0 Å². The number of aryl methyl sites for hydroxylation is 1. The molecule has 2 aromatic carbocycles. The Labute approximate surface area is 193 Å². The average Bonchev–Trinajstić information content (AvgIpc) is 3.16. The molecule has 33 heavy (non-hydrogen) atoms. The molecule has 0 fully saturated rings. The number of rotatable bonds is 9. The Morgan fingerprint density at radius 3 is 2.73 bits per heavy atom. The van der Waals surface area contributed by atoms with Gasteiger partial charge in [0.15, 0.2) is 0 Å². The van der Waals surface area contributed by atoms with Crippen LogP contribution < -0.4 is 15.5 Å². The van der Waals surface area contributed by atoms with Crippen molar-refractivity contribution in [3.63, 3.8) is 0 Å². The third kappa shape index (κ3) is 5.87. The van der Waals surface area contributed by atoms with E-state index in [-0.39, 0.29) is 5.91 Å². The number of fused-ring (bicyclic) bond motifs is 1. The summed E-state index contributed by atoms with van der Waals surface area (Å²) in [6.45, 7) is 5.59. The molecule has 3 aromatic rings. The van der Waals surface area contributed by atoms with Gasteiger partial charge in [-0.15, -0.1) is 0 Å². The summed E-state index contributed by atoms with van der Waals surface area (Å²) >= 11 is 0. The van der Waals surface area contributed by atoms with Crippen LogP contribution in [0, 0.1) is 11.3 Å². The second-order valence-corrected chi connectivity index (χ2v) is 7.39. The summed E-state index contributed by atoms with van der Waals surface area (Å²) in [6.07, 6.45) is 1.15. The third-order valence-corrected chi connectivity index (χ3v) is 5.15. The zero-order chi connectivity index (χ0) is 23.8. The lowest BCUT2D eigenvalue weighted by Crippen LogP contribution is -2.24. The van der Waals surface area contributed by atoms with Crippen molar-refractivity contribution in [2.45, 2.75) is 33.2 Å². The number of carbonyl (C=O) groups is 2. The van der Waals surface area contributed by atoms with Crippen LogP contribution in [0.5, 0.6) is 0 Å². The number of imidazole rings is 1. The third-order valence-electron chi connectivity index (χ3n) is 5.15. The smallest absolute Gasteiger partial charge is 0.326 e. The molecule has 1 heterocycles. The van der Waals surface area contributed by atoms with Crippen molar-refractivity contribution in [3.8, 4) is 6.07 Å². The fourth-order valence-electron chi connectivity index (χ4n) is 3.43. The Bertz CT molecular complexity index is 1180. The molecule has 9 heteroatoms. The molecule has 0 atom stereocenters. The van der Waals surface area contributed by atoms with Crippen LogP contribution in [0.2, 0.25) is 0 Å². The lowest BCUT2D eigenvalue weighted by molar-refractivity contribution is -0.118. The fraction of sp³-hybridized carbons (Fsp3) is 0.333. The first-order chi connectivity index (χ1) is 16.0. The van der Waals surface area contributed by atoms with Gasteiger partial charge < -0.3 is 19.5 Å². The quantitative estimate of drug-likeness (QED) is 0.473. The van der Waals surface area contributed by atoms with Crippen LogP contribution in [-0.2, 0) is 16.1 Å². The van der Waals surface area contributed by atoms with Gasteiger partial charge in [-0.2, -0.15) is 5.26 Å². The van der Waals surface area contributed by atoms with E-state index in [0.717, 1.165) is 17.6 Å². The number of anilines is 3. The molecule has 0 saturated carbocycles. The first-order valence-corrected chi connectivity index (χ1v) is 10.9. The van der Waals surface area contributed by atoms with Crippen molar-refractivity contribution in [2.75, 3.05) is 35.8 Å². The monoisotopic (exact) mass is 448 g/mol. The Kier molecular flexibility index (Phi) is 8.00. The van der Waals surface area contributed by atoms with Crippen LogP contribution in [0.25, 0.3) is 11.0 Å². The zero-order valence-electron chi connectivity index (χ0n) is 19.1. The maximum Gasteiger partial charge on any atom is 0.326 e. The van der Waals surface area contributed by atoms with Gasteiger partial charge in [-0.3, -0.25) is 10.1 Å². The summed E-state index contributed by atoms with van der Waals surface area (Å²) in [6, 6.07) is 13.9. The van der Waals surface area contributed by atoms with Crippen molar-refractivity contribution in [1.82, 2.24) is 9.55 Å². The van der Waals surface area contributed by atoms with E-state index >= 15 is 0 Å². The molecule has 1 aromatic heterocycles. The molecular formula is C24H28N6O3. The predicted molar refractivity (Wildman–Crippen MR) is 128 cm³/mol. The number of ether oxygens (including phenoxy) is 1. The normalized spacial score (nSPS) is 10.6. The largest absolute Gasteiger partial charge is 0.382 e. The van der Waals surface area contributed by atoms with E-state index in [4.69, 9.17) is 10.00 Å². The number of benzene rings is 2. The molecule has 0 aliphatic heterocycles. The van der Waals surface area contributed by atoms with Gasteiger partial charge in [-0.1, -0.05) is 13.0 Å². The SMILES string of the molecule is CCOCCCn1c(NC(=O)Nc2cccc(C#N)c2)nc2cc(N(C)C(=O)CC)ccc21. The van der Waals surface area contributed by atoms with Crippen molar-refractivity contribution in [3.05, 3.63) is 48.0 Å². The van der Waals surface area contributed by atoms with E-state index in [2.05, 4.69) is 15.6 Å². The van der Waals surface area contributed by atoms with E-state index in [1.807, 2.05) is 42.7 Å². The maximum atomic E-state index is 12.7. The van der Waals surface area contributed by atoms with Gasteiger partial charge in [0.25, 0.3) is 0 Å². The molecule has 2 N–H and O–H groups in total. The minimum atomic E-state index is -0.468. The average molecular weight is 449 g/mol. The lowest BCUT2D eigenvalue weighted by Gasteiger charge is -2.16. The van der Waals surface area contributed by atoms with Crippen LogP contribution in [-0.4, -0.2) is 41.8 Å². The topological polar surface area (TPSA) is 112 Å². The molecule has 0 radical (unpaired) electrons. The van der Waals surface area contributed by atoms with E-state index in [0.29, 0.717) is 48.9 Å². The molecular weight excluding hydrogens is 420 g/mol. The van der Waals surface area contributed by atoms with Crippen LogP contribution in [0.15, 0.2) is 42.5 Å².